The maximum atomic E-state index is 5.01. The molecule has 3 nitrogen and oxygen atoms in total. The molecule has 0 spiro atoms. The Morgan fingerprint density at radius 3 is 3.00 bits per heavy atom. The fourth-order valence-corrected chi connectivity index (χ4v) is 1.87. The third kappa shape index (κ3) is 3.25. The summed E-state index contributed by atoms with van der Waals surface area (Å²) in [5, 5.41) is 4.61. The molecular weight excluding hydrogens is 212 g/mol. The molecule has 1 N–H and O–H groups in total. The van der Waals surface area contributed by atoms with E-state index in [1.165, 1.54) is 10.9 Å². The second-order valence-corrected chi connectivity index (χ2v) is 4.02. The normalized spacial score (nSPS) is 10.9. The number of nitrogens with one attached hydrogen (secondary N) is 1. The van der Waals surface area contributed by atoms with Gasteiger partial charge in [0.15, 0.2) is 0 Å². The number of ether oxygens (including phenoxy) is 1. The Morgan fingerprint density at radius 1 is 1.24 bits per heavy atom. The molecule has 0 unspecified atom stereocenters. The van der Waals surface area contributed by atoms with Gasteiger partial charge in [-0.2, -0.15) is 0 Å². The molecule has 1 heterocycles. The third-order valence-electron chi connectivity index (χ3n) is 2.73. The maximum absolute atomic E-state index is 5.01. The second-order valence-electron chi connectivity index (χ2n) is 4.02. The van der Waals surface area contributed by atoms with Crippen LogP contribution in [-0.2, 0) is 11.3 Å². The van der Waals surface area contributed by atoms with Gasteiger partial charge in [-0.25, -0.2) is 0 Å². The number of hydrogen-bond donors (Lipinski definition) is 1. The van der Waals surface area contributed by atoms with Crippen molar-refractivity contribution in [2.24, 2.45) is 0 Å². The van der Waals surface area contributed by atoms with Crippen LogP contribution >= 0.6 is 0 Å². The van der Waals surface area contributed by atoms with E-state index in [1.54, 1.807) is 7.11 Å². The van der Waals surface area contributed by atoms with E-state index >= 15 is 0 Å². The Bertz CT molecular complexity index is 465. The first-order chi connectivity index (χ1) is 8.42. The molecular formula is C14H18N2O. The molecule has 0 atom stereocenters. The lowest BCUT2D eigenvalue weighted by Crippen LogP contribution is -2.16. The van der Waals surface area contributed by atoms with Gasteiger partial charge in [-0.15, -0.1) is 0 Å². The van der Waals surface area contributed by atoms with Gasteiger partial charge in [0.2, 0.25) is 0 Å². The predicted molar refractivity (Wildman–Crippen MR) is 69.9 cm³/mol. The maximum Gasteiger partial charge on any atom is 0.0746 e. The first-order valence-electron chi connectivity index (χ1n) is 5.94. The molecule has 2 aromatic rings. The van der Waals surface area contributed by atoms with Crippen LogP contribution < -0.4 is 5.32 Å². The van der Waals surface area contributed by atoms with Gasteiger partial charge in [-0.1, -0.05) is 24.3 Å². The molecule has 0 amide bonds. The molecule has 1 aromatic carbocycles. The third-order valence-corrected chi connectivity index (χ3v) is 2.73. The van der Waals surface area contributed by atoms with Gasteiger partial charge in [-0.05, 0) is 24.6 Å². The first-order valence-corrected chi connectivity index (χ1v) is 5.94. The summed E-state index contributed by atoms with van der Waals surface area (Å²) in [5.41, 5.74) is 2.34. The van der Waals surface area contributed by atoms with Crippen LogP contribution in [-0.4, -0.2) is 25.2 Å². The van der Waals surface area contributed by atoms with Gasteiger partial charge < -0.3 is 10.1 Å². The van der Waals surface area contributed by atoms with E-state index < -0.39 is 0 Å². The van der Waals surface area contributed by atoms with E-state index in [0.29, 0.717) is 0 Å². The number of pyridine rings is 1. The lowest BCUT2D eigenvalue weighted by atomic mass is 10.1. The summed E-state index contributed by atoms with van der Waals surface area (Å²) >= 11 is 0. The lowest BCUT2D eigenvalue weighted by molar-refractivity contribution is 0.194. The molecule has 0 saturated heterocycles. The first kappa shape index (κ1) is 12.0. The highest BCUT2D eigenvalue weighted by Crippen LogP contribution is 2.15. The molecule has 0 saturated carbocycles. The van der Waals surface area contributed by atoms with Crippen LogP contribution in [0.3, 0.4) is 0 Å². The Balaban J connectivity index is 1.98. The summed E-state index contributed by atoms with van der Waals surface area (Å²) in [5.74, 6) is 0. The minimum atomic E-state index is 0.806. The Morgan fingerprint density at radius 2 is 2.12 bits per heavy atom. The average Bonchev–Trinajstić information content (AvgIpc) is 2.39. The van der Waals surface area contributed by atoms with Crippen molar-refractivity contribution in [1.82, 2.24) is 10.3 Å². The van der Waals surface area contributed by atoms with Crippen LogP contribution in [0.5, 0.6) is 0 Å². The van der Waals surface area contributed by atoms with Crippen molar-refractivity contribution in [3.63, 3.8) is 0 Å². The molecule has 2 rings (SSSR count). The highest BCUT2D eigenvalue weighted by atomic mass is 16.5. The van der Waals surface area contributed by atoms with E-state index in [9.17, 15) is 0 Å². The molecule has 3 heteroatoms. The van der Waals surface area contributed by atoms with E-state index in [-0.39, 0.29) is 0 Å². The van der Waals surface area contributed by atoms with Gasteiger partial charge in [0, 0.05) is 31.8 Å². The van der Waals surface area contributed by atoms with Crippen molar-refractivity contribution in [1.29, 1.82) is 0 Å². The van der Waals surface area contributed by atoms with Crippen LogP contribution in [0.25, 0.3) is 10.9 Å². The fourth-order valence-electron chi connectivity index (χ4n) is 1.87. The molecule has 90 valence electrons. The Hall–Kier alpha value is -1.45. The van der Waals surface area contributed by atoms with Gasteiger partial charge in [0.05, 0.1) is 5.52 Å². The van der Waals surface area contributed by atoms with Crippen LogP contribution in [0.1, 0.15) is 12.0 Å². The second kappa shape index (κ2) is 6.33. The molecule has 17 heavy (non-hydrogen) atoms. The highest BCUT2D eigenvalue weighted by molar-refractivity contribution is 5.81. The monoisotopic (exact) mass is 230 g/mol. The number of aromatic nitrogens is 1. The highest BCUT2D eigenvalue weighted by Gasteiger charge is 2.00. The van der Waals surface area contributed by atoms with Crippen molar-refractivity contribution < 1.29 is 4.74 Å². The number of fused-ring (bicyclic) bond motifs is 1. The standard InChI is InChI=1S/C14H18N2O/c1-17-10-4-8-15-11-13-6-2-5-12-7-3-9-16-14(12)13/h2-3,5-7,9,15H,4,8,10-11H2,1H3. The zero-order chi connectivity index (χ0) is 11.9. The van der Waals surface area contributed by atoms with Crippen molar-refractivity contribution >= 4 is 10.9 Å². The van der Waals surface area contributed by atoms with Crippen LogP contribution in [0.4, 0.5) is 0 Å². The molecule has 0 aliphatic carbocycles. The SMILES string of the molecule is COCCCNCc1cccc2cccnc12. The quantitative estimate of drug-likeness (QED) is 0.774. The predicted octanol–water partition coefficient (Wildman–Crippen LogP) is 2.36. The van der Waals surface area contributed by atoms with Crippen molar-refractivity contribution in [2.45, 2.75) is 13.0 Å². The summed E-state index contributed by atoms with van der Waals surface area (Å²) in [6, 6.07) is 10.4. The number of methoxy groups -OCH3 is 1. The summed E-state index contributed by atoms with van der Waals surface area (Å²) in [4.78, 5) is 4.43. The van der Waals surface area contributed by atoms with E-state index in [4.69, 9.17) is 4.74 Å². The summed E-state index contributed by atoms with van der Waals surface area (Å²) in [6.45, 7) is 2.63. The summed E-state index contributed by atoms with van der Waals surface area (Å²) in [6.07, 6.45) is 2.88. The number of para-hydroxylation sites is 1. The van der Waals surface area contributed by atoms with E-state index in [0.717, 1.165) is 31.6 Å². The minimum Gasteiger partial charge on any atom is -0.385 e. The van der Waals surface area contributed by atoms with Gasteiger partial charge >= 0.3 is 0 Å². The van der Waals surface area contributed by atoms with Crippen LogP contribution in [0.2, 0.25) is 0 Å². The average molecular weight is 230 g/mol. The zero-order valence-electron chi connectivity index (χ0n) is 10.1. The van der Waals surface area contributed by atoms with Crippen molar-refractivity contribution in [3.05, 3.63) is 42.1 Å². The summed E-state index contributed by atoms with van der Waals surface area (Å²) < 4.78 is 5.01. The van der Waals surface area contributed by atoms with E-state index in [1.807, 2.05) is 12.3 Å². The molecule has 0 bridgehead atoms. The fraction of sp³-hybridized carbons (Fsp3) is 0.357. The van der Waals surface area contributed by atoms with Gasteiger partial charge in [0.25, 0.3) is 0 Å². The lowest BCUT2D eigenvalue weighted by Gasteiger charge is -2.07. The smallest absolute Gasteiger partial charge is 0.0746 e. The van der Waals surface area contributed by atoms with Gasteiger partial charge in [-0.3, -0.25) is 4.98 Å². The number of rotatable bonds is 6. The Labute approximate surface area is 102 Å². The number of nitrogens with zero attached hydrogens (tertiary/aromatic N) is 1. The van der Waals surface area contributed by atoms with Crippen molar-refractivity contribution in [3.8, 4) is 0 Å². The molecule has 0 fully saturated rings. The Kier molecular flexibility index (Phi) is 4.47. The largest absolute Gasteiger partial charge is 0.385 e. The van der Waals surface area contributed by atoms with E-state index in [2.05, 4.69) is 34.6 Å². The zero-order valence-corrected chi connectivity index (χ0v) is 10.1. The molecule has 1 aromatic heterocycles. The molecule has 0 aliphatic heterocycles. The summed E-state index contributed by atoms with van der Waals surface area (Å²) in [7, 11) is 1.73. The van der Waals surface area contributed by atoms with Crippen LogP contribution in [0, 0.1) is 0 Å². The number of benzene rings is 1. The van der Waals surface area contributed by atoms with Crippen molar-refractivity contribution in [2.75, 3.05) is 20.3 Å². The number of hydrogen-bond acceptors (Lipinski definition) is 3. The molecule has 0 aliphatic rings. The molecule has 0 radical (unpaired) electrons. The topological polar surface area (TPSA) is 34.1 Å². The van der Waals surface area contributed by atoms with Crippen LogP contribution in [0.15, 0.2) is 36.5 Å². The van der Waals surface area contributed by atoms with Gasteiger partial charge in [0.1, 0.15) is 0 Å². The minimum absolute atomic E-state index is 0.806.